The number of rotatable bonds is 2. The van der Waals surface area contributed by atoms with Crippen molar-refractivity contribution < 1.29 is 23.5 Å². The van der Waals surface area contributed by atoms with Crippen LogP contribution in [0.3, 0.4) is 0 Å². The standard InChI is InChI=1S/C18H28O5Si/c1-10-13-14(21-13)18-15(2,3)16(4,23-24(5,6)7)11(19)8-17(10,18)9-12(20)22-18/h10,13-14H,8-9H2,1-7H3/t10-,13+,14-,16?,17-,18?/m1/s1. The summed E-state index contributed by atoms with van der Waals surface area (Å²) in [5, 5.41) is 0. The van der Waals surface area contributed by atoms with E-state index in [9.17, 15) is 9.59 Å². The van der Waals surface area contributed by atoms with Crippen molar-refractivity contribution in [2.24, 2.45) is 16.7 Å². The predicted molar refractivity (Wildman–Crippen MR) is 89.9 cm³/mol. The fourth-order valence-corrected chi connectivity index (χ4v) is 7.70. The molecule has 2 heterocycles. The topological polar surface area (TPSA) is 65.1 Å². The number of carbonyl (C=O) groups is 2. The molecule has 2 saturated carbocycles. The molecule has 4 fully saturated rings. The average Bonchev–Trinajstić information content (AvgIpc) is 3.09. The number of fused-ring (bicyclic) bond motifs is 1. The van der Waals surface area contributed by atoms with Crippen LogP contribution in [-0.2, 0) is 23.5 Å². The van der Waals surface area contributed by atoms with E-state index in [2.05, 4.69) is 26.6 Å². The zero-order valence-electron chi connectivity index (χ0n) is 15.7. The van der Waals surface area contributed by atoms with Gasteiger partial charge in [-0.2, -0.15) is 0 Å². The van der Waals surface area contributed by atoms with Crippen LogP contribution in [0.1, 0.15) is 40.5 Å². The summed E-state index contributed by atoms with van der Waals surface area (Å²) >= 11 is 0. The number of hydrogen-bond acceptors (Lipinski definition) is 5. The van der Waals surface area contributed by atoms with Crippen molar-refractivity contribution in [2.75, 3.05) is 0 Å². The Bertz CT molecular complexity index is 652. The van der Waals surface area contributed by atoms with Gasteiger partial charge >= 0.3 is 5.97 Å². The van der Waals surface area contributed by atoms with Crippen LogP contribution in [0.2, 0.25) is 19.6 Å². The van der Waals surface area contributed by atoms with Gasteiger partial charge in [0.1, 0.15) is 11.7 Å². The first-order valence-electron chi connectivity index (χ1n) is 8.93. The number of ketones is 1. The summed E-state index contributed by atoms with van der Waals surface area (Å²) in [6.07, 6.45) is 0.662. The lowest BCUT2D eigenvalue weighted by atomic mass is 9.46. The lowest BCUT2D eigenvalue weighted by molar-refractivity contribution is -0.240. The summed E-state index contributed by atoms with van der Waals surface area (Å²) in [6.45, 7) is 14.4. The second-order valence-electron chi connectivity index (χ2n) is 9.83. The third kappa shape index (κ3) is 1.54. The first kappa shape index (κ1) is 16.7. The molecule has 0 radical (unpaired) electrons. The smallest absolute Gasteiger partial charge is 0.307 e. The van der Waals surface area contributed by atoms with Gasteiger partial charge in [-0.3, -0.25) is 9.59 Å². The van der Waals surface area contributed by atoms with Gasteiger partial charge < -0.3 is 13.9 Å². The Morgan fingerprint density at radius 3 is 2.33 bits per heavy atom. The van der Waals surface area contributed by atoms with E-state index in [4.69, 9.17) is 13.9 Å². The molecule has 0 aromatic heterocycles. The summed E-state index contributed by atoms with van der Waals surface area (Å²) in [6, 6.07) is 0. The van der Waals surface area contributed by atoms with E-state index in [-0.39, 0.29) is 29.9 Å². The Hall–Kier alpha value is -0.723. The van der Waals surface area contributed by atoms with Gasteiger partial charge in [0.25, 0.3) is 0 Å². The van der Waals surface area contributed by atoms with Crippen molar-refractivity contribution in [1.29, 1.82) is 0 Å². The molecule has 2 aliphatic heterocycles. The molecule has 4 aliphatic rings. The Labute approximate surface area is 144 Å². The van der Waals surface area contributed by atoms with Crippen LogP contribution >= 0.6 is 0 Å². The van der Waals surface area contributed by atoms with Crippen molar-refractivity contribution >= 4 is 20.1 Å². The quantitative estimate of drug-likeness (QED) is 0.434. The van der Waals surface area contributed by atoms with Gasteiger partial charge in [-0.15, -0.1) is 0 Å². The van der Waals surface area contributed by atoms with Gasteiger partial charge in [0, 0.05) is 17.3 Å². The number of Topliss-reactive ketones (excluding diaryl/α,β-unsaturated/α-hetero) is 1. The maximum Gasteiger partial charge on any atom is 0.307 e. The van der Waals surface area contributed by atoms with Crippen LogP contribution in [0.25, 0.3) is 0 Å². The first-order valence-corrected chi connectivity index (χ1v) is 12.3. The second-order valence-corrected chi connectivity index (χ2v) is 14.3. The van der Waals surface area contributed by atoms with E-state index < -0.39 is 30.3 Å². The second kappa shape index (κ2) is 4.15. The molecule has 0 aromatic rings. The maximum atomic E-state index is 13.3. The maximum absolute atomic E-state index is 13.3. The van der Waals surface area contributed by atoms with E-state index >= 15 is 0 Å². The molecular formula is C18H28O5Si. The van der Waals surface area contributed by atoms with E-state index in [1.54, 1.807) is 0 Å². The molecule has 4 rings (SSSR count). The molecule has 134 valence electrons. The minimum absolute atomic E-state index is 0.0967. The van der Waals surface area contributed by atoms with Gasteiger partial charge in [-0.25, -0.2) is 0 Å². The Kier molecular flexibility index (Phi) is 2.90. The van der Waals surface area contributed by atoms with Crippen LogP contribution in [-0.4, -0.2) is 43.5 Å². The monoisotopic (exact) mass is 352 g/mol. The largest absolute Gasteiger partial charge is 0.455 e. The normalized spacial score (nSPS) is 51.7. The van der Waals surface area contributed by atoms with Crippen molar-refractivity contribution in [1.82, 2.24) is 0 Å². The van der Waals surface area contributed by atoms with Gasteiger partial charge in [-0.05, 0) is 32.5 Å². The minimum atomic E-state index is -1.99. The Balaban J connectivity index is 1.91. The minimum Gasteiger partial charge on any atom is -0.455 e. The molecule has 2 aliphatic carbocycles. The molecule has 6 atom stereocenters. The number of ether oxygens (including phenoxy) is 2. The SMILES string of the molecule is C[C@@H]1[C@@H]2O[C@H]2C23OC(=O)C[C@]12CC(=O)C(C)(O[Si](C)(C)C)C3(C)C. The molecule has 0 amide bonds. The van der Waals surface area contributed by atoms with Crippen LogP contribution in [0.15, 0.2) is 0 Å². The molecule has 6 heteroatoms. The average molecular weight is 353 g/mol. The van der Waals surface area contributed by atoms with Crippen molar-refractivity contribution in [3.05, 3.63) is 0 Å². The van der Waals surface area contributed by atoms with E-state index in [1.165, 1.54) is 0 Å². The first-order chi connectivity index (χ1) is 10.8. The third-order valence-corrected chi connectivity index (χ3v) is 8.43. The van der Waals surface area contributed by atoms with Crippen LogP contribution in [0.5, 0.6) is 0 Å². The lowest BCUT2D eigenvalue weighted by Gasteiger charge is -2.62. The van der Waals surface area contributed by atoms with Crippen LogP contribution in [0, 0.1) is 16.7 Å². The highest BCUT2D eigenvalue weighted by molar-refractivity contribution is 6.70. The Morgan fingerprint density at radius 1 is 1.12 bits per heavy atom. The predicted octanol–water partition coefficient (Wildman–Crippen LogP) is 2.68. The fourth-order valence-electron chi connectivity index (χ4n) is 6.11. The summed E-state index contributed by atoms with van der Waals surface area (Å²) in [5.74, 6) is 0.0551. The molecule has 24 heavy (non-hydrogen) atoms. The third-order valence-electron chi connectivity index (χ3n) is 7.40. The highest BCUT2D eigenvalue weighted by atomic mass is 28.4. The number of esters is 1. The summed E-state index contributed by atoms with van der Waals surface area (Å²) < 4.78 is 18.5. The highest BCUT2D eigenvalue weighted by Crippen LogP contribution is 2.76. The zero-order valence-corrected chi connectivity index (χ0v) is 16.7. The molecule has 0 N–H and O–H groups in total. The highest BCUT2D eigenvalue weighted by Gasteiger charge is 2.89. The van der Waals surface area contributed by atoms with Crippen LogP contribution < -0.4 is 0 Å². The summed E-state index contributed by atoms with van der Waals surface area (Å²) in [7, 11) is -1.99. The van der Waals surface area contributed by atoms with Gasteiger partial charge in [0.15, 0.2) is 19.7 Å². The molecule has 2 unspecified atom stereocenters. The van der Waals surface area contributed by atoms with Gasteiger partial charge in [0.2, 0.25) is 0 Å². The van der Waals surface area contributed by atoms with E-state index in [1.807, 2.05) is 20.8 Å². The number of hydrogen-bond donors (Lipinski definition) is 0. The van der Waals surface area contributed by atoms with Crippen LogP contribution in [0.4, 0.5) is 0 Å². The molecule has 0 aromatic carbocycles. The van der Waals surface area contributed by atoms with Crippen molar-refractivity contribution in [3.63, 3.8) is 0 Å². The van der Waals surface area contributed by atoms with Gasteiger partial charge in [0.05, 0.1) is 12.5 Å². The lowest BCUT2D eigenvalue weighted by Crippen LogP contribution is -2.74. The fraction of sp³-hybridized carbons (Fsp3) is 0.889. The van der Waals surface area contributed by atoms with E-state index in [0.29, 0.717) is 12.8 Å². The zero-order chi connectivity index (χ0) is 17.9. The molecule has 0 bridgehead atoms. The summed E-state index contributed by atoms with van der Waals surface area (Å²) in [5.41, 5.74) is -2.82. The van der Waals surface area contributed by atoms with Gasteiger partial charge in [-0.1, -0.05) is 20.8 Å². The molecule has 0 spiro atoms. The molecule has 5 nitrogen and oxygen atoms in total. The summed E-state index contributed by atoms with van der Waals surface area (Å²) in [4.78, 5) is 25.7. The number of epoxide rings is 1. The molecule has 2 saturated heterocycles. The van der Waals surface area contributed by atoms with E-state index in [0.717, 1.165) is 0 Å². The number of carbonyl (C=O) groups excluding carboxylic acids is 2. The Morgan fingerprint density at radius 2 is 1.75 bits per heavy atom. The van der Waals surface area contributed by atoms with Crippen molar-refractivity contribution in [3.8, 4) is 0 Å². The molecular weight excluding hydrogens is 324 g/mol. The van der Waals surface area contributed by atoms with Crippen molar-refractivity contribution in [2.45, 2.75) is 83.6 Å².